The van der Waals surface area contributed by atoms with E-state index in [1.807, 2.05) is 24.3 Å². The number of carbonyl (C=O) groups is 1. The van der Waals surface area contributed by atoms with Gasteiger partial charge >= 0.3 is 0 Å². The molecule has 0 saturated heterocycles. The molecule has 0 radical (unpaired) electrons. The van der Waals surface area contributed by atoms with Crippen LogP contribution < -0.4 is 11.1 Å². The number of nitrogens with zero attached hydrogens (tertiary/aromatic N) is 1. The van der Waals surface area contributed by atoms with Crippen LogP contribution in [0.5, 0.6) is 0 Å². The van der Waals surface area contributed by atoms with Crippen LogP contribution in [0.2, 0.25) is 0 Å². The Morgan fingerprint density at radius 2 is 2.00 bits per heavy atom. The molecule has 4 heteroatoms. The van der Waals surface area contributed by atoms with E-state index in [1.54, 1.807) is 7.05 Å². The molecule has 0 saturated carbocycles. The van der Waals surface area contributed by atoms with Crippen molar-refractivity contribution < 1.29 is 4.79 Å². The van der Waals surface area contributed by atoms with Gasteiger partial charge in [0.2, 0.25) is 5.91 Å². The SMILES string of the molecule is CCN(CC(=O)NC)C(C)c1ccc(N)cc1. The Kier molecular flexibility index (Phi) is 4.97. The second kappa shape index (κ2) is 6.25. The second-order valence-electron chi connectivity index (χ2n) is 4.08. The standard InChI is InChI=1S/C13H21N3O/c1-4-16(9-13(17)15-3)10(2)11-5-7-12(14)8-6-11/h5-8,10H,4,9,14H2,1-3H3,(H,15,17). The van der Waals surface area contributed by atoms with Gasteiger partial charge in [-0.15, -0.1) is 0 Å². The summed E-state index contributed by atoms with van der Waals surface area (Å²) < 4.78 is 0. The summed E-state index contributed by atoms with van der Waals surface area (Å²) in [6, 6.07) is 8.00. The Morgan fingerprint density at radius 1 is 1.41 bits per heavy atom. The van der Waals surface area contributed by atoms with E-state index in [1.165, 1.54) is 5.56 Å². The summed E-state index contributed by atoms with van der Waals surface area (Å²) in [5, 5.41) is 2.64. The molecule has 0 aliphatic carbocycles. The first-order valence-electron chi connectivity index (χ1n) is 5.88. The number of likely N-dealkylation sites (N-methyl/N-ethyl adjacent to an activating group) is 2. The molecule has 17 heavy (non-hydrogen) atoms. The predicted molar refractivity (Wildman–Crippen MR) is 70.6 cm³/mol. The molecule has 94 valence electrons. The minimum Gasteiger partial charge on any atom is -0.399 e. The molecule has 1 aromatic rings. The number of benzene rings is 1. The molecule has 0 aliphatic rings. The maximum absolute atomic E-state index is 11.4. The van der Waals surface area contributed by atoms with E-state index in [0.29, 0.717) is 6.54 Å². The van der Waals surface area contributed by atoms with Crippen LogP contribution in [-0.2, 0) is 4.79 Å². The summed E-state index contributed by atoms with van der Waals surface area (Å²) >= 11 is 0. The normalized spacial score (nSPS) is 12.5. The Morgan fingerprint density at radius 3 is 2.47 bits per heavy atom. The van der Waals surface area contributed by atoms with E-state index in [4.69, 9.17) is 5.73 Å². The summed E-state index contributed by atoms with van der Waals surface area (Å²) in [6.07, 6.45) is 0. The third kappa shape index (κ3) is 3.75. The minimum absolute atomic E-state index is 0.0362. The Bertz CT molecular complexity index is 361. The van der Waals surface area contributed by atoms with Gasteiger partial charge in [0.25, 0.3) is 0 Å². The Labute approximate surface area is 103 Å². The summed E-state index contributed by atoms with van der Waals surface area (Å²) in [5.74, 6) is 0.0362. The lowest BCUT2D eigenvalue weighted by atomic mass is 10.1. The summed E-state index contributed by atoms with van der Waals surface area (Å²) in [6.45, 7) is 5.40. The fourth-order valence-electron chi connectivity index (χ4n) is 1.77. The molecular formula is C13H21N3O. The lowest BCUT2D eigenvalue weighted by Gasteiger charge is -2.27. The average molecular weight is 235 g/mol. The number of rotatable bonds is 5. The minimum atomic E-state index is 0.0362. The molecule has 0 aromatic heterocycles. The van der Waals surface area contributed by atoms with Crippen molar-refractivity contribution in [1.29, 1.82) is 0 Å². The van der Waals surface area contributed by atoms with E-state index in [2.05, 4.69) is 24.1 Å². The number of amides is 1. The number of anilines is 1. The molecule has 4 nitrogen and oxygen atoms in total. The molecule has 3 N–H and O–H groups in total. The van der Waals surface area contributed by atoms with Crippen LogP contribution in [0, 0.1) is 0 Å². The maximum atomic E-state index is 11.4. The quantitative estimate of drug-likeness (QED) is 0.758. The van der Waals surface area contributed by atoms with Crippen molar-refractivity contribution in [2.45, 2.75) is 19.9 Å². The van der Waals surface area contributed by atoms with E-state index in [9.17, 15) is 4.79 Å². The Balaban J connectivity index is 2.74. The number of nitrogens with one attached hydrogen (secondary N) is 1. The zero-order valence-corrected chi connectivity index (χ0v) is 10.7. The Hall–Kier alpha value is -1.55. The molecular weight excluding hydrogens is 214 g/mol. The number of nitrogen functional groups attached to an aromatic ring is 1. The lowest BCUT2D eigenvalue weighted by Crippen LogP contribution is -2.37. The summed E-state index contributed by atoms with van der Waals surface area (Å²) in [7, 11) is 1.66. The fourth-order valence-corrected chi connectivity index (χ4v) is 1.77. The molecule has 0 bridgehead atoms. The van der Waals surface area contributed by atoms with Gasteiger partial charge in [-0.2, -0.15) is 0 Å². The first kappa shape index (κ1) is 13.5. The van der Waals surface area contributed by atoms with Crippen molar-refractivity contribution in [1.82, 2.24) is 10.2 Å². The number of nitrogens with two attached hydrogens (primary N) is 1. The molecule has 1 unspecified atom stereocenters. The van der Waals surface area contributed by atoms with Gasteiger partial charge in [-0.3, -0.25) is 9.69 Å². The molecule has 0 spiro atoms. The predicted octanol–water partition coefficient (Wildman–Crippen LogP) is 1.40. The van der Waals surface area contributed by atoms with Crippen molar-refractivity contribution in [3.8, 4) is 0 Å². The van der Waals surface area contributed by atoms with Crippen molar-refractivity contribution in [2.75, 3.05) is 25.9 Å². The highest BCUT2D eigenvalue weighted by atomic mass is 16.1. The number of hydrogen-bond donors (Lipinski definition) is 2. The van der Waals surface area contributed by atoms with E-state index in [0.717, 1.165) is 12.2 Å². The van der Waals surface area contributed by atoms with Gasteiger partial charge < -0.3 is 11.1 Å². The average Bonchev–Trinajstić information content (AvgIpc) is 2.35. The third-order valence-corrected chi connectivity index (χ3v) is 3.00. The monoisotopic (exact) mass is 235 g/mol. The van der Waals surface area contributed by atoms with Gasteiger partial charge in [0.1, 0.15) is 0 Å². The molecule has 0 aliphatic heterocycles. The molecule has 1 aromatic carbocycles. The van der Waals surface area contributed by atoms with Crippen molar-refractivity contribution in [3.05, 3.63) is 29.8 Å². The van der Waals surface area contributed by atoms with Crippen LogP contribution in [-0.4, -0.2) is 30.9 Å². The van der Waals surface area contributed by atoms with Crippen molar-refractivity contribution in [3.63, 3.8) is 0 Å². The summed E-state index contributed by atoms with van der Waals surface area (Å²) in [4.78, 5) is 13.5. The number of carbonyl (C=O) groups excluding carboxylic acids is 1. The maximum Gasteiger partial charge on any atom is 0.233 e. The smallest absolute Gasteiger partial charge is 0.233 e. The third-order valence-electron chi connectivity index (χ3n) is 3.00. The zero-order chi connectivity index (χ0) is 12.8. The van der Waals surface area contributed by atoms with E-state index >= 15 is 0 Å². The van der Waals surface area contributed by atoms with Crippen LogP contribution in [0.4, 0.5) is 5.69 Å². The highest BCUT2D eigenvalue weighted by Crippen LogP contribution is 2.20. The second-order valence-corrected chi connectivity index (χ2v) is 4.08. The first-order chi connectivity index (χ1) is 8.08. The largest absolute Gasteiger partial charge is 0.399 e. The highest BCUT2D eigenvalue weighted by molar-refractivity contribution is 5.77. The van der Waals surface area contributed by atoms with Crippen LogP contribution in [0.25, 0.3) is 0 Å². The number of hydrogen-bond acceptors (Lipinski definition) is 3. The molecule has 0 heterocycles. The first-order valence-corrected chi connectivity index (χ1v) is 5.88. The van der Waals surface area contributed by atoms with Crippen LogP contribution >= 0.6 is 0 Å². The fraction of sp³-hybridized carbons (Fsp3) is 0.462. The van der Waals surface area contributed by atoms with Crippen molar-refractivity contribution in [2.24, 2.45) is 0 Å². The van der Waals surface area contributed by atoms with Gasteiger partial charge in [-0.25, -0.2) is 0 Å². The van der Waals surface area contributed by atoms with E-state index in [-0.39, 0.29) is 11.9 Å². The van der Waals surface area contributed by atoms with Gasteiger partial charge in [0.15, 0.2) is 0 Å². The summed E-state index contributed by atoms with van der Waals surface area (Å²) in [5.41, 5.74) is 7.59. The molecule has 1 rings (SSSR count). The zero-order valence-electron chi connectivity index (χ0n) is 10.7. The van der Waals surface area contributed by atoms with E-state index < -0.39 is 0 Å². The topological polar surface area (TPSA) is 58.4 Å². The van der Waals surface area contributed by atoms with Gasteiger partial charge in [0, 0.05) is 18.8 Å². The van der Waals surface area contributed by atoms with Crippen molar-refractivity contribution >= 4 is 11.6 Å². The lowest BCUT2D eigenvalue weighted by molar-refractivity contribution is -0.122. The van der Waals surface area contributed by atoms with Gasteiger partial charge in [-0.1, -0.05) is 19.1 Å². The molecule has 1 amide bonds. The molecule has 1 atom stereocenters. The van der Waals surface area contributed by atoms with Crippen LogP contribution in [0.1, 0.15) is 25.5 Å². The van der Waals surface area contributed by atoms with Gasteiger partial charge in [0.05, 0.1) is 6.54 Å². The molecule has 0 fully saturated rings. The van der Waals surface area contributed by atoms with Crippen LogP contribution in [0.15, 0.2) is 24.3 Å². The van der Waals surface area contributed by atoms with Crippen LogP contribution in [0.3, 0.4) is 0 Å². The van der Waals surface area contributed by atoms with Gasteiger partial charge in [-0.05, 0) is 31.2 Å². The highest BCUT2D eigenvalue weighted by Gasteiger charge is 2.16.